The Balaban J connectivity index is 0.00000137. The van der Waals surface area contributed by atoms with Gasteiger partial charge in [0.1, 0.15) is 0 Å². The molecule has 0 aliphatic heterocycles. The second-order valence-electron chi connectivity index (χ2n) is 8.57. The van der Waals surface area contributed by atoms with E-state index >= 15 is 0 Å². The lowest BCUT2D eigenvalue weighted by molar-refractivity contribution is 0.0223. The lowest BCUT2D eigenvalue weighted by atomic mass is 9.57. The monoisotopic (exact) mass is 254 g/mol. The Morgan fingerprint density at radius 1 is 1.00 bits per heavy atom. The average Bonchev–Trinajstić information content (AvgIpc) is 2.13. The van der Waals surface area contributed by atoms with E-state index in [4.69, 9.17) is 0 Å². The number of rotatable bonds is 2. The van der Waals surface area contributed by atoms with Crippen molar-refractivity contribution in [3.8, 4) is 0 Å². The maximum atomic E-state index is 2.53. The summed E-state index contributed by atoms with van der Waals surface area (Å²) in [5.74, 6) is 0.955. The van der Waals surface area contributed by atoms with Crippen molar-refractivity contribution in [1.82, 2.24) is 0 Å². The van der Waals surface area contributed by atoms with Crippen LogP contribution in [0.15, 0.2) is 0 Å². The van der Waals surface area contributed by atoms with Crippen LogP contribution >= 0.6 is 0 Å². The highest BCUT2D eigenvalue weighted by molar-refractivity contribution is 4.93. The third-order valence-electron chi connectivity index (χ3n) is 4.06. The third-order valence-corrected chi connectivity index (χ3v) is 4.06. The molecule has 0 radical (unpaired) electrons. The Labute approximate surface area is 117 Å². The highest BCUT2D eigenvalue weighted by Gasteiger charge is 2.42. The molecule has 1 saturated carbocycles. The minimum atomic E-state index is 0.473. The van der Waals surface area contributed by atoms with Crippen LogP contribution in [-0.4, -0.2) is 0 Å². The van der Waals surface area contributed by atoms with Crippen LogP contribution in [0, 0.1) is 22.2 Å². The molecule has 0 bridgehead atoms. The minimum absolute atomic E-state index is 0.473. The van der Waals surface area contributed by atoms with Gasteiger partial charge in [0, 0.05) is 0 Å². The SMILES string of the molecule is CC.CCC1CC(C)(C)CC(C)(CC(C)(C)C)C1. The summed E-state index contributed by atoms with van der Waals surface area (Å²) in [4.78, 5) is 0. The molecular weight excluding hydrogens is 216 g/mol. The Kier molecular flexibility index (Phi) is 6.44. The Morgan fingerprint density at radius 3 is 1.89 bits per heavy atom. The molecule has 0 spiro atoms. The zero-order chi connectivity index (χ0) is 14.6. The van der Waals surface area contributed by atoms with Gasteiger partial charge in [-0.15, -0.1) is 0 Å². The van der Waals surface area contributed by atoms with E-state index in [9.17, 15) is 0 Å². The quantitative estimate of drug-likeness (QED) is 0.515. The Hall–Kier alpha value is 0. The van der Waals surface area contributed by atoms with Gasteiger partial charge in [-0.1, -0.05) is 68.7 Å². The summed E-state index contributed by atoms with van der Waals surface area (Å²) in [6.07, 6.45) is 7.03. The van der Waals surface area contributed by atoms with Crippen LogP contribution in [0.1, 0.15) is 94.4 Å². The molecule has 0 nitrogen and oxygen atoms in total. The Morgan fingerprint density at radius 2 is 1.50 bits per heavy atom. The molecule has 0 aromatic rings. The molecule has 0 N–H and O–H groups in total. The predicted molar refractivity (Wildman–Crippen MR) is 84.9 cm³/mol. The average molecular weight is 255 g/mol. The molecular formula is C18H38. The summed E-state index contributed by atoms with van der Waals surface area (Å²) >= 11 is 0. The van der Waals surface area contributed by atoms with Gasteiger partial charge in [-0.05, 0) is 47.8 Å². The zero-order valence-electron chi connectivity index (χ0n) is 14.6. The van der Waals surface area contributed by atoms with Crippen molar-refractivity contribution in [2.24, 2.45) is 22.2 Å². The summed E-state index contributed by atoms with van der Waals surface area (Å²) in [6, 6.07) is 0. The molecule has 0 heteroatoms. The van der Waals surface area contributed by atoms with Crippen molar-refractivity contribution >= 4 is 0 Å². The van der Waals surface area contributed by atoms with E-state index in [2.05, 4.69) is 48.5 Å². The van der Waals surface area contributed by atoms with Crippen LogP contribution in [0.2, 0.25) is 0 Å². The van der Waals surface area contributed by atoms with E-state index in [1.54, 1.807) is 0 Å². The second-order valence-corrected chi connectivity index (χ2v) is 8.57. The third kappa shape index (κ3) is 6.25. The maximum absolute atomic E-state index is 2.53. The molecule has 1 aliphatic carbocycles. The van der Waals surface area contributed by atoms with Crippen LogP contribution in [-0.2, 0) is 0 Å². The fourth-order valence-electron chi connectivity index (χ4n) is 4.55. The van der Waals surface area contributed by atoms with Crippen LogP contribution < -0.4 is 0 Å². The molecule has 0 amide bonds. The van der Waals surface area contributed by atoms with E-state index in [-0.39, 0.29) is 0 Å². The van der Waals surface area contributed by atoms with Gasteiger partial charge >= 0.3 is 0 Å². The van der Waals surface area contributed by atoms with Gasteiger partial charge in [0.15, 0.2) is 0 Å². The molecule has 0 aromatic carbocycles. The molecule has 2 atom stereocenters. The first-order valence-corrected chi connectivity index (χ1v) is 8.05. The first-order valence-electron chi connectivity index (χ1n) is 8.05. The van der Waals surface area contributed by atoms with Crippen molar-refractivity contribution < 1.29 is 0 Å². The summed E-state index contributed by atoms with van der Waals surface area (Å²) in [5.41, 5.74) is 1.60. The highest BCUT2D eigenvalue weighted by atomic mass is 14.5. The van der Waals surface area contributed by atoms with Crippen LogP contribution in [0.3, 0.4) is 0 Å². The van der Waals surface area contributed by atoms with Crippen molar-refractivity contribution in [2.75, 3.05) is 0 Å². The molecule has 110 valence electrons. The molecule has 1 fully saturated rings. The van der Waals surface area contributed by atoms with Crippen LogP contribution in [0.4, 0.5) is 0 Å². The molecule has 1 aliphatic rings. The predicted octanol–water partition coefficient (Wildman–Crippen LogP) is 6.69. The van der Waals surface area contributed by atoms with E-state index in [1.165, 1.54) is 32.1 Å². The van der Waals surface area contributed by atoms with Gasteiger partial charge in [0.05, 0.1) is 0 Å². The number of hydrogen-bond donors (Lipinski definition) is 0. The topological polar surface area (TPSA) is 0 Å². The Bertz CT molecular complexity index is 227. The molecule has 18 heavy (non-hydrogen) atoms. The van der Waals surface area contributed by atoms with Gasteiger partial charge in [-0.3, -0.25) is 0 Å². The van der Waals surface area contributed by atoms with Gasteiger partial charge in [0.2, 0.25) is 0 Å². The van der Waals surface area contributed by atoms with E-state index < -0.39 is 0 Å². The van der Waals surface area contributed by atoms with Crippen molar-refractivity contribution in [3.05, 3.63) is 0 Å². The molecule has 0 aromatic heterocycles. The minimum Gasteiger partial charge on any atom is -0.0683 e. The van der Waals surface area contributed by atoms with Crippen molar-refractivity contribution in [2.45, 2.75) is 94.4 Å². The molecule has 0 heterocycles. The lowest BCUT2D eigenvalue weighted by Crippen LogP contribution is -2.37. The normalized spacial score (nSPS) is 31.5. The summed E-state index contributed by atoms with van der Waals surface area (Å²) < 4.78 is 0. The fraction of sp³-hybridized carbons (Fsp3) is 1.00. The first kappa shape index (κ1) is 18.0. The highest BCUT2D eigenvalue weighted by Crippen LogP contribution is 2.53. The van der Waals surface area contributed by atoms with Gasteiger partial charge < -0.3 is 0 Å². The van der Waals surface area contributed by atoms with Crippen LogP contribution in [0.5, 0.6) is 0 Å². The zero-order valence-corrected chi connectivity index (χ0v) is 14.6. The largest absolute Gasteiger partial charge is 0.0683 e. The number of hydrogen-bond acceptors (Lipinski definition) is 0. The van der Waals surface area contributed by atoms with Crippen LogP contribution in [0.25, 0.3) is 0 Å². The summed E-state index contributed by atoms with van der Waals surface area (Å²) in [7, 11) is 0. The van der Waals surface area contributed by atoms with E-state index in [0.29, 0.717) is 16.2 Å². The van der Waals surface area contributed by atoms with Gasteiger partial charge in [0.25, 0.3) is 0 Å². The molecule has 1 rings (SSSR count). The van der Waals surface area contributed by atoms with Crippen molar-refractivity contribution in [3.63, 3.8) is 0 Å². The van der Waals surface area contributed by atoms with E-state index in [0.717, 1.165) is 5.92 Å². The second kappa shape index (κ2) is 6.44. The molecule has 0 saturated heterocycles. The standard InChI is InChI=1S/C16H32.C2H6/c1-8-13-9-15(5,6)12-16(7,10-13)11-14(2,3)4;1-2/h13H,8-12H2,1-7H3;1-2H3. The fourth-order valence-corrected chi connectivity index (χ4v) is 4.55. The lowest BCUT2D eigenvalue weighted by Gasteiger charge is -2.49. The van der Waals surface area contributed by atoms with Crippen molar-refractivity contribution in [1.29, 1.82) is 0 Å². The smallest absolute Gasteiger partial charge is 0.0313 e. The summed E-state index contributed by atoms with van der Waals surface area (Å²) in [6.45, 7) is 21.0. The van der Waals surface area contributed by atoms with Gasteiger partial charge in [-0.2, -0.15) is 0 Å². The van der Waals surface area contributed by atoms with Gasteiger partial charge in [-0.25, -0.2) is 0 Å². The molecule has 2 unspecified atom stereocenters. The maximum Gasteiger partial charge on any atom is -0.0313 e. The summed E-state index contributed by atoms with van der Waals surface area (Å²) in [5, 5.41) is 0. The first-order chi connectivity index (χ1) is 8.05. The van der Waals surface area contributed by atoms with E-state index in [1.807, 2.05) is 13.8 Å².